The molecule has 1 aromatic carbocycles. The van der Waals surface area contributed by atoms with E-state index in [0.29, 0.717) is 0 Å². The summed E-state index contributed by atoms with van der Waals surface area (Å²) >= 11 is 4.71. The van der Waals surface area contributed by atoms with Crippen molar-refractivity contribution in [2.24, 2.45) is 10.8 Å². The number of nitrogens with one attached hydrogen (secondary N) is 1. The smallest absolute Gasteiger partial charge is 0.184 e. The fraction of sp³-hybridized carbons (Fsp3) is 0.273. The third-order valence-electron chi connectivity index (χ3n) is 2.58. The zero-order valence-electron chi connectivity index (χ0n) is 8.99. The number of thiocarbonyl (C=S) groups is 1. The molecule has 0 aliphatic heterocycles. The lowest BCUT2D eigenvalue weighted by atomic mass is 10.1. The zero-order valence-corrected chi connectivity index (χ0v) is 9.80. The van der Waals surface area contributed by atoms with Crippen molar-refractivity contribution < 1.29 is 4.74 Å². The van der Waals surface area contributed by atoms with Gasteiger partial charge in [0, 0.05) is 11.1 Å². The maximum atomic E-state index is 5.34. The number of nitrogens with zero attached hydrogens (tertiary/aromatic N) is 1. The SMILES string of the molecule is COc1cccc2c1CC/C2=N\NC(N)=S. The summed E-state index contributed by atoms with van der Waals surface area (Å²) in [5.41, 5.74) is 11.2. The van der Waals surface area contributed by atoms with Crippen LogP contribution in [-0.4, -0.2) is 17.9 Å². The van der Waals surface area contributed by atoms with E-state index in [-0.39, 0.29) is 5.11 Å². The van der Waals surface area contributed by atoms with Crippen molar-refractivity contribution in [3.05, 3.63) is 29.3 Å². The number of hydrogen-bond donors (Lipinski definition) is 2. The standard InChI is InChI=1S/C11H13N3OS/c1-15-10-4-2-3-7-8(10)5-6-9(7)13-14-11(12)16/h2-4H,5-6H2,1H3,(H3,12,14,16)/b13-9+. The molecule has 1 aliphatic rings. The van der Waals surface area contributed by atoms with Gasteiger partial charge in [-0.05, 0) is 31.1 Å². The summed E-state index contributed by atoms with van der Waals surface area (Å²) < 4.78 is 5.31. The van der Waals surface area contributed by atoms with Gasteiger partial charge >= 0.3 is 0 Å². The van der Waals surface area contributed by atoms with E-state index in [1.54, 1.807) is 7.11 Å². The van der Waals surface area contributed by atoms with Gasteiger partial charge in [0.25, 0.3) is 0 Å². The van der Waals surface area contributed by atoms with Crippen LogP contribution in [0.2, 0.25) is 0 Å². The van der Waals surface area contributed by atoms with Crippen molar-refractivity contribution >= 4 is 23.0 Å². The van der Waals surface area contributed by atoms with Gasteiger partial charge in [0.05, 0.1) is 12.8 Å². The van der Waals surface area contributed by atoms with Crippen molar-refractivity contribution in [2.75, 3.05) is 7.11 Å². The number of fused-ring (bicyclic) bond motifs is 1. The lowest BCUT2D eigenvalue weighted by Crippen LogP contribution is -2.25. The number of ether oxygens (including phenoxy) is 1. The number of rotatable bonds is 2. The summed E-state index contributed by atoms with van der Waals surface area (Å²) in [4.78, 5) is 0. The van der Waals surface area contributed by atoms with Crippen LogP contribution in [0, 0.1) is 0 Å². The Morgan fingerprint density at radius 3 is 3.00 bits per heavy atom. The molecule has 0 heterocycles. The second-order valence-electron chi connectivity index (χ2n) is 3.52. The Morgan fingerprint density at radius 1 is 1.50 bits per heavy atom. The fourth-order valence-corrected chi connectivity index (χ4v) is 1.95. The number of nitrogens with two attached hydrogens (primary N) is 1. The van der Waals surface area contributed by atoms with Crippen molar-refractivity contribution in [2.45, 2.75) is 12.8 Å². The highest BCUT2D eigenvalue weighted by atomic mass is 32.1. The molecule has 0 fully saturated rings. The second kappa shape index (κ2) is 4.49. The van der Waals surface area contributed by atoms with Gasteiger partial charge in [0.2, 0.25) is 0 Å². The second-order valence-corrected chi connectivity index (χ2v) is 3.96. The minimum absolute atomic E-state index is 0.184. The molecule has 0 spiro atoms. The van der Waals surface area contributed by atoms with Crippen molar-refractivity contribution in [3.8, 4) is 5.75 Å². The lowest BCUT2D eigenvalue weighted by molar-refractivity contribution is 0.410. The normalized spacial score (nSPS) is 15.9. The van der Waals surface area contributed by atoms with Crippen molar-refractivity contribution in [3.63, 3.8) is 0 Å². The number of methoxy groups -OCH3 is 1. The predicted molar refractivity (Wildman–Crippen MR) is 67.8 cm³/mol. The van der Waals surface area contributed by atoms with Crippen LogP contribution in [0.3, 0.4) is 0 Å². The molecule has 0 amide bonds. The summed E-state index contributed by atoms with van der Waals surface area (Å²) in [5.74, 6) is 0.915. The first-order chi connectivity index (χ1) is 7.72. The zero-order chi connectivity index (χ0) is 11.5. The molecule has 4 nitrogen and oxygen atoms in total. The molecule has 0 atom stereocenters. The summed E-state index contributed by atoms with van der Waals surface area (Å²) in [5, 5.41) is 4.37. The van der Waals surface area contributed by atoms with E-state index in [0.717, 1.165) is 29.9 Å². The first-order valence-corrected chi connectivity index (χ1v) is 5.41. The fourth-order valence-electron chi connectivity index (χ4n) is 1.90. The van der Waals surface area contributed by atoms with Gasteiger partial charge in [-0.25, -0.2) is 0 Å². The largest absolute Gasteiger partial charge is 0.496 e. The monoisotopic (exact) mass is 235 g/mol. The van der Waals surface area contributed by atoms with Gasteiger partial charge in [-0.15, -0.1) is 0 Å². The lowest BCUT2D eigenvalue weighted by Gasteiger charge is -2.06. The number of benzene rings is 1. The van der Waals surface area contributed by atoms with E-state index in [1.165, 1.54) is 5.56 Å². The average Bonchev–Trinajstić information content (AvgIpc) is 2.69. The van der Waals surface area contributed by atoms with Crippen molar-refractivity contribution in [1.82, 2.24) is 5.43 Å². The molecule has 1 aromatic rings. The van der Waals surface area contributed by atoms with Crippen LogP contribution < -0.4 is 15.9 Å². The van der Waals surface area contributed by atoms with Crippen LogP contribution in [0.4, 0.5) is 0 Å². The van der Waals surface area contributed by atoms with E-state index in [4.69, 9.17) is 22.7 Å². The van der Waals surface area contributed by atoms with Gasteiger partial charge in [0.1, 0.15) is 5.75 Å². The Labute approximate surface area is 99.5 Å². The highest BCUT2D eigenvalue weighted by molar-refractivity contribution is 7.80. The minimum atomic E-state index is 0.184. The molecule has 0 saturated heterocycles. The molecule has 2 rings (SSSR count). The number of hydrazone groups is 1. The first kappa shape index (κ1) is 10.9. The van der Waals surface area contributed by atoms with Gasteiger partial charge in [-0.3, -0.25) is 5.43 Å². The molecule has 0 unspecified atom stereocenters. The van der Waals surface area contributed by atoms with Gasteiger partial charge in [-0.1, -0.05) is 12.1 Å². The van der Waals surface area contributed by atoms with E-state index in [2.05, 4.69) is 10.5 Å². The van der Waals surface area contributed by atoms with Crippen LogP contribution in [0.15, 0.2) is 23.3 Å². The molecule has 0 bridgehead atoms. The Morgan fingerprint density at radius 2 is 2.31 bits per heavy atom. The third-order valence-corrected chi connectivity index (χ3v) is 2.67. The Kier molecular flexibility index (Phi) is 3.05. The van der Waals surface area contributed by atoms with Crippen LogP contribution in [0.25, 0.3) is 0 Å². The first-order valence-electron chi connectivity index (χ1n) is 5.00. The van der Waals surface area contributed by atoms with Crippen LogP contribution in [0.5, 0.6) is 5.75 Å². The molecule has 0 radical (unpaired) electrons. The molecule has 16 heavy (non-hydrogen) atoms. The van der Waals surface area contributed by atoms with Crippen LogP contribution >= 0.6 is 12.2 Å². The van der Waals surface area contributed by atoms with Gasteiger partial charge in [-0.2, -0.15) is 5.10 Å². The maximum absolute atomic E-state index is 5.34. The molecule has 5 heteroatoms. The predicted octanol–water partition coefficient (Wildman–Crippen LogP) is 1.18. The van der Waals surface area contributed by atoms with E-state index < -0.39 is 0 Å². The summed E-state index contributed by atoms with van der Waals surface area (Å²) in [6, 6.07) is 5.95. The van der Waals surface area contributed by atoms with E-state index >= 15 is 0 Å². The topological polar surface area (TPSA) is 59.6 Å². The Hall–Kier alpha value is -1.62. The average molecular weight is 235 g/mol. The van der Waals surface area contributed by atoms with Crippen LogP contribution in [0.1, 0.15) is 17.5 Å². The van der Waals surface area contributed by atoms with E-state index in [9.17, 15) is 0 Å². The number of hydrogen-bond acceptors (Lipinski definition) is 3. The summed E-state index contributed by atoms with van der Waals surface area (Å²) in [6.07, 6.45) is 1.82. The third kappa shape index (κ3) is 1.99. The highest BCUT2D eigenvalue weighted by Crippen LogP contribution is 2.30. The molecule has 84 valence electrons. The Balaban J connectivity index is 2.33. The van der Waals surface area contributed by atoms with E-state index in [1.807, 2.05) is 18.2 Å². The molecule has 0 aromatic heterocycles. The van der Waals surface area contributed by atoms with Crippen LogP contribution in [-0.2, 0) is 6.42 Å². The summed E-state index contributed by atoms with van der Waals surface area (Å²) in [7, 11) is 1.68. The maximum Gasteiger partial charge on any atom is 0.184 e. The molecular weight excluding hydrogens is 222 g/mol. The van der Waals surface area contributed by atoms with Gasteiger partial charge in [0.15, 0.2) is 5.11 Å². The molecule has 1 aliphatic carbocycles. The van der Waals surface area contributed by atoms with Crippen molar-refractivity contribution in [1.29, 1.82) is 0 Å². The Bertz CT molecular complexity index is 457. The minimum Gasteiger partial charge on any atom is -0.496 e. The highest BCUT2D eigenvalue weighted by Gasteiger charge is 2.20. The summed E-state index contributed by atoms with van der Waals surface area (Å²) in [6.45, 7) is 0. The van der Waals surface area contributed by atoms with Gasteiger partial charge < -0.3 is 10.5 Å². The quantitative estimate of drug-likeness (QED) is 0.597. The molecule has 3 N–H and O–H groups in total. The molecular formula is C11H13N3OS. The molecule has 0 saturated carbocycles.